The van der Waals surface area contributed by atoms with E-state index < -0.39 is 0 Å². The zero-order chi connectivity index (χ0) is 13.7. The molecule has 1 aromatic carbocycles. The number of thioether (sulfide) groups is 1. The molecule has 1 unspecified atom stereocenters. The molecule has 0 saturated heterocycles. The summed E-state index contributed by atoms with van der Waals surface area (Å²) in [5, 5.41) is 3.14. The molecule has 1 aromatic rings. The van der Waals surface area contributed by atoms with Crippen LogP contribution in [0.2, 0.25) is 0 Å². The first-order valence-corrected chi connectivity index (χ1v) is 6.78. The number of nitrogens with two attached hydrogens (primary N) is 1. The van der Waals surface area contributed by atoms with E-state index in [1.807, 2.05) is 6.92 Å². The molecule has 4 nitrogen and oxygen atoms in total. The summed E-state index contributed by atoms with van der Waals surface area (Å²) in [4.78, 5) is 12.0. The van der Waals surface area contributed by atoms with E-state index in [9.17, 15) is 4.79 Å². The van der Waals surface area contributed by atoms with E-state index in [0.717, 1.165) is 0 Å². The number of rotatable bonds is 5. The number of benzene rings is 1. The Kier molecular flexibility index (Phi) is 5.34. The molecule has 0 fully saturated rings. The van der Waals surface area contributed by atoms with E-state index in [4.69, 9.17) is 10.5 Å². The average Bonchev–Trinajstić information content (AvgIpc) is 2.28. The van der Waals surface area contributed by atoms with Crippen molar-refractivity contribution in [2.75, 3.05) is 18.2 Å². The van der Waals surface area contributed by atoms with E-state index in [1.165, 1.54) is 0 Å². The second-order valence-corrected chi connectivity index (χ2v) is 6.20. The van der Waals surface area contributed by atoms with Crippen LogP contribution in [0.25, 0.3) is 0 Å². The smallest absolute Gasteiger partial charge is 0.237 e. The molecular formula is C13H20N2O2S. The molecule has 0 bridgehead atoms. The number of hydrogen-bond donors (Lipinski definition) is 2. The first kappa shape index (κ1) is 14.7. The van der Waals surface area contributed by atoms with Gasteiger partial charge in [-0.2, -0.15) is 0 Å². The van der Waals surface area contributed by atoms with Gasteiger partial charge >= 0.3 is 0 Å². The van der Waals surface area contributed by atoms with Gasteiger partial charge in [0.15, 0.2) is 0 Å². The molecule has 0 saturated carbocycles. The summed E-state index contributed by atoms with van der Waals surface area (Å²) in [5.74, 6) is 0.567. The standard InChI is InChI=1S/C13H20N2O2S/c1-8(2)18-9(3)13(16)15-11-7-10(14)5-6-12(11)17-4/h5-9H,14H2,1-4H3,(H,15,16). The van der Waals surface area contributed by atoms with Crippen molar-refractivity contribution in [1.82, 2.24) is 0 Å². The summed E-state index contributed by atoms with van der Waals surface area (Å²) in [6.45, 7) is 6.02. The minimum Gasteiger partial charge on any atom is -0.495 e. The van der Waals surface area contributed by atoms with Crippen molar-refractivity contribution in [3.8, 4) is 5.75 Å². The fourth-order valence-electron chi connectivity index (χ4n) is 1.53. The van der Waals surface area contributed by atoms with E-state index in [0.29, 0.717) is 22.4 Å². The predicted molar refractivity (Wildman–Crippen MR) is 78.2 cm³/mol. The molecular weight excluding hydrogens is 248 g/mol. The maximum atomic E-state index is 12.0. The maximum absolute atomic E-state index is 12.0. The van der Waals surface area contributed by atoms with Gasteiger partial charge in [-0.1, -0.05) is 13.8 Å². The number of anilines is 2. The molecule has 18 heavy (non-hydrogen) atoms. The average molecular weight is 268 g/mol. The number of ether oxygens (including phenoxy) is 1. The van der Waals surface area contributed by atoms with Crippen molar-refractivity contribution in [3.63, 3.8) is 0 Å². The van der Waals surface area contributed by atoms with E-state index in [2.05, 4.69) is 19.2 Å². The Labute approximate surface area is 112 Å². The molecule has 5 heteroatoms. The largest absolute Gasteiger partial charge is 0.495 e. The SMILES string of the molecule is COc1ccc(N)cc1NC(=O)C(C)SC(C)C. The summed E-state index contributed by atoms with van der Waals surface area (Å²) in [5.41, 5.74) is 6.91. The Morgan fingerprint density at radius 3 is 2.61 bits per heavy atom. The lowest BCUT2D eigenvalue weighted by molar-refractivity contribution is -0.115. The van der Waals surface area contributed by atoms with Gasteiger partial charge in [-0.25, -0.2) is 0 Å². The molecule has 3 N–H and O–H groups in total. The van der Waals surface area contributed by atoms with Gasteiger partial charge in [-0.15, -0.1) is 11.8 Å². The summed E-state index contributed by atoms with van der Waals surface area (Å²) < 4.78 is 5.18. The lowest BCUT2D eigenvalue weighted by atomic mass is 10.2. The summed E-state index contributed by atoms with van der Waals surface area (Å²) in [6, 6.07) is 5.18. The summed E-state index contributed by atoms with van der Waals surface area (Å²) in [7, 11) is 1.56. The number of hydrogen-bond acceptors (Lipinski definition) is 4. The van der Waals surface area contributed by atoms with Crippen LogP contribution in [0.1, 0.15) is 20.8 Å². The third-order valence-electron chi connectivity index (χ3n) is 2.33. The van der Waals surface area contributed by atoms with Crippen LogP contribution in [0, 0.1) is 0 Å². The van der Waals surface area contributed by atoms with Crippen molar-refractivity contribution in [2.24, 2.45) is 0 Å². The molecule has 1 rings (SSSR count). The van der Waals surface area contributed by atoms with E-state index in [1.54, 1.807) is 37.1 Å². The molecule has 0 radical (unpaired) electrons. The number of nitrogen functional groups attached to an aromatic ring is 1. The monoisotopic (exact) mass is 268 g/mol. The molecule has 0 spiro atoms. The van der Waals surface area contributed by atoms with Crippen LogP contribution in [-0.2, 0) is 4.79 Å². The van der Waals surface area contributed by atoms with Crippen LogP contribution in [0.5, 0.6) is 5.75 Å². The normalized spacial score (nSPS) is 12.3. The van der Waals surface area contributed by atoms with Gasteiger partial charge in [0.1, 0.15) is 5.75 Å². The van der Waals surface area contributed by atoms with Crippen LogP contribution >= 0.6 is 11.8 Å². The fraction of sp³-hybridized carbons (Fsp3) is 0.462. The zero-order valence-corrected chi connectivity index (χ0v) is 12.0. The minimum absolute atomic E-state index is 0.0439. The lowest BCUT2D eigenvalue weighted by Gasteiger charge is -2.16. The fourth-order valence-corrected chi connectivity index (χ4v) is 2.53. The predicted octanol–water partition coefficient (Wildman–Crippen LogP) is 2.75. The Bertz CT molecular complexity index is 421. The number of amides is 1. The second-order valence-electron chi connectivity index (χ2n) is 4.28. The second kappa shape index (κ2) is 6.54. The van der Waals surface area contributed by atoms with Crippen molar-refractivity contribution in [3.05, 3.63) is 18.2 Å². The highest BCUT2D eigenvalue weighted by molar-refractivity contribution is 8.01. The number of methoxy groups -OCH3 is 1. The van der Waals surface area contributed by atoms with Gasteiger partial charge in [0, 0.05) is 5.69 Å². The van der Waals surface area contributed by atoms with Crippen LogP contribution in [0.15, 0.2) is 18.2 Å². The van der Waals surface area contributed by atoms with Gasteiger partial charge in [0.05, 0.1) is 18.0 Å². The van der Waals surface area contributed by atoms with Crippen LogP contribution < -0.4 is 15.8 Å². The Hall–Kier alpha value is -1.36. The van der Waals surface area contributed by atoms with Gasteiger partial charge in [0.2, 0.25) is 5.91 Å². The van der Waals surface area contributed by atoms with Crippen molar-refractivity contribution in [1.29, 1.82) is 0 Å². The highest BCUT2D eigenvalue weighted by Gasteiger charge is 2.16. The quantitative estimate of drug-likeness (QED) is 0.806. The molecule has 1 amide bonds. The number of carbonyl (C=O) groups excluding carboxylic acids is 1. The van der Waals surface area contributed by atoms with Crippen molar-refractivity contribution in [2.45, 2.75) is 31.3 Å². The van der Waals surface area contributed by atoms with Gasteiger partial charge < -0.3 is 15.8 Å². The first-order valence-electron chi connectivity index (χ1n) is 5.84. The topological polar surface area (TPSA) is 64.3 Å². The van der Waals surface area contributed by atoms with Crippen LogP contribution in [0.4, 0.5) is 11.4 Å². The van der Waals surface area contributed by atoms with Gasteiger partial charge in [0.25, 0.3) is 0 Å². The Balaban J connectivity index is 2.77. The highest BCUT2D eigenvalue weighted by Crippen LogP contribution is 2.27. The third kappa shape index (κ3) is 4.14. The molecule has 0 heterocycles. The van der Waals surface area contributed by atoms with Crippen molar-refractivity contribution < 1.29 is 9.53 Å². The number of nitrogens with one attached hydrogen (secondary N) is 1. The molecule has 0 aliphatic carbocycles. The zero-order valence-electron chi connectivity index (χ0n) is 11.2. The van der Waals surface area contributed by atoms with Crippen LogP contribution in [0.3, 0.4) is 0 Å². The summed E-state index contributed by atoms with van der Waals surface area (Å²) >= 11 is 1.62. The Morgan fingerprint density at radius 2 is 2.06 bits per heavy atom. The molecule has 0 aliphatic rings. The van der Waals surface area contributed by atoms with Crippen molar-refractivity contribution >= 4 is 29.0 Å². The Morgan fingerprint density at radius 1 is 1.39 bits per heavy atom. The van der Waals surface area contributed by atoms with Crippen LogP contribution in [-0.4, -0.2) is 23.5 Å². The minimum atomic E-state index is -0.115. The maximum Gasteiger partial charge on any atom is 0.237 e. The van der Waals surface area contributed by atoms with Gasteiger partial charge in [-0.05, 0) is 30.4 Å². The molecule has 1 atom stereocenters. The number of carbonyl (C=O) groups is 1. The van der Waals surface area contributed by atoms with Gasteiger partial charge in [-0.3, -0.25) is 4.79 Å². The third-order valence-corrected chi connectivity index (χ3v) is 3.49. The molecule has 100 valence electrons. The van der Waals surface area contributed by atoms with E-state index in [-0.39, 0.29) is 11.2 Å². The lowest BCUT2D eigenvalue weighted by Crippen LogP contribution is -2.24. The first-order chi connectivity index (χ1) is 8.43. The highest BCUT2D eigenvalue weighted by atomic mass is 32.2. The molecule has 0 aromatic heterocycles. The molecule has 0 aliphatic heterocycles. The summed E-state index contributed by atoms with van der Waals surface area (Å²) in [6.07, 6.45) is 0. The van der Waals surface area contributed by atoms with E-state index >= 15 is 0 Å².